The number of aryl methyl sites for hydroxylation is 2. The van der Waals surface area contributed by atoms with E-state index in [0.717, 1.165) is 11.1 Å². The maximum Gasteiger partial charge on any atom is 0.146 e. The van der Waals surface area contributed by atoms with Crippen LogP contribution in [0.15, 0.2) is 36.4 Å². The Hall–Kier alpha value is -1.90. The molecule has 94 valence electrons. The van der Waals surface area contributed by atoms with Crippen LogP contribution >= 0.6 is 0 Å². The van der Waals surface area contributed by atoms with Crippen LogP contribution in [0.25, 0.3) is 0 Å². The van der Waals surface area contributed by atoms with Gasteiger partial charge in [-0.15, -0.1) is 0 Å². The highest BCUT2D eigenvalue weighted by Gasteiger charge is 2.05. The van der Waals surface area contributed by atoms with Gasteiger partial charge in [-0.1, -0.05) is 24.3 Å². The Kier molecular flexibility index (Phi) is 3.60. The molecule has 0 atom stereocenters. The summed E-state index contributed by atoms with van der Waals surface area (Å²) in [5, 5.41) is 3.00. The molecular weight excluding hydrogens is 232 g/mol. The Morgan fingerprint density at radius 2 is 1.72 bits per heavy atom. The third kappa shape index (κ3) is 2.67. The zero-order valence-corrected chi connectivity index (χ0v) is 10.4. The van der Waals surface area contributed by atoms with Gasteiger partial charge in [-0.25, -0.2) is 8.78 Å². The van der Waals surface area contributed by atoms with E-state index in [1.54, 1.807) is 19.1 Å². The molecule has 0 heterocycles. The SMILES string of the molecule is Cc1ccc(CNc2c(C)cccc2F)cc1F. The normalized spacial score (nSPS) is 10.4. The average molecular weight is 247 g/mol. The summed E-state index contributed by atoms with van der Waals surface area (Å²) in [5.41, 5.74) is 2.71. The first kappa shape index (κ1) is 12.6. The molecule has 0 spiro atoms. The zero-order chi connectivity index (χ0) is 13.1. The van der Waals surface area contributed by atoms with Gasteiger partial charge in [0.1, 0.15) is 11.6 Å². The van der Waals surface area contributed by atoms with Crippen molar-refractivity contribution < 1.29 is 8.78 Å². The second-order valence-corrected chi connectivity index (χ2v) is 4.37. The van der Waals surface area contributed by atoms with Gasteiger partial charge in [0.25, 0.3) is 0 Å². The van der Waals surface area contributed by atoms with E-state index in [0.29, 0.717) is 17.8 Å². The van der Waals surface area contributed by atoms with Crippen molar-refractivity contribution in [3.8, 4) is 0 Å². The van der Waals surface area contributed by atoms with Crippen molar-refractivity contribution in [1.29, 1.82) is 0 Å². The number of anilines is 1. The molecule has 3 heteroatoms. The molecule has 0 amide bonds. The lowest BCUT2D eigenvalue weighted by Gasteiger charge is -2.11. The second kappa shape index (κ2) is 5.17. The highest BCUT2D eigenvalue weighted by atomic mass is 19.1. The molecular formula is C15H15F2N. The van der Waals surface area contributed by atoms with E-state index in [2.05, 4.69) is 5.32 Å². The minimum Gasteiger partial charge on any atom is -0.378 e. The number of hydrogen-bond acceptors (Lipinski definition) is 1. The highest BCUT2D eigenvalue weighted by Crippen LogP contribution is 2.20. The fraction of sp³-hybridized carbons (Fsp3) is 0.200. The summed E-state index contributed by atoms with van der Waals surface area (Å²) in [6, 6.07) is 9.94. The van der Waals surface area contributed by atoms with Gasteiger partial charge >= 0.3 is 0 Å². The molecule has 2 aromatic carbocycles. The van der Waals surface area contributed by atoms with Gasteiger partial charge < -0.3 is 5.32 Å². The maximum absolute atomic E-state index is 13.6. The number of nitrogens with one attached hydrogen (secondary N) is 1. The topological polar surface area (TPSA) is 12.0 Å². The molecule has 18 heavy (non-hydrogen) atoms. The molecule has 2 rings (SSSR count). The van der Waals surface area contributed by atoms with Gasteiger partial charge in [-0.2, -0.15) is 0 Å². The summed E-state index contributed by atoms with van der Waals surface area (Å²) in [6.07, 6.45) is 0. The number of para-hydroxylation sites is 1. The molecule has 0 saturated heterocycles. The fourth-order valence-corrected chi connectivity index (χ4v) is 1.79. The Labute approximate surface area is 105 Å². The Bertz CT molecular complexity index is 544. The first-order chi connectivity index (χ1) is 8.58. The van der Waals surface area contributed by atoms with Crippen molar-refractivity contribution in [3.63, 3.8) is 0 Å². The molecule has 1 N–H and O–H groups in total. The molecule has 0 saturated carbocycles. The number of rotatable bonds is 3. The van der Waals surface area contributed by atoms with Crippen molar-refractivity contribution in [2.24, 2.45) is 0 Å². The van der Waals surface area contributed by atoms with Crippen molar-refractivity contribution in [2.45, 2.75) is 20.4 Å². The van der Waals surface area contributed by atoms with E-state index in [1.165, 1.54) is 12.1 Å². The summed E-state index contributed by atoms with van der Waals surface area (Å²) >= 11 is 0. The van der Waals surface area contributed by atoms with Crippen LogP contribution in [0.1, 0.15) is 16.7 Å². The predicted octanol–water partition coefficient (Wildman–Crippen LogP) is 4.19. The minimum atomic E-state index is -0.289. The predicted molar refractivity (Wildman–Crippen MR) is 69.6 cm³/mol. The van der Waals surface area contributed by atoms with Crippen molar-refractivity contribution >= 4 is 5.69 Å². The molecule has 0 aromatic heterocycles. The van der Waals surface area contributed by atoms with Crippen molar-refractivity contribution in [3.05, 3.63) is 64.7 Å². The summed E-state index contributed by atoms with van der Waals surface area (Å²) in [6.45, 7) is 3.95. The van der Waals surface area contributed by atoms with E-state index >= 15 is 0 Å². The molecule has 0 aliphatic heterocycles. The van der Waals surface area contributed by atoms with E-state index in [-0.39, 0.29) is 11.6 Å². The summed E-state index contributed by atoms with van der Waals surface area (Å²) in [5.74, 6) is -0.526. The largest absolute Gasteiger partial charge is 0.378 e. The third-order valence-electron chi connectivity index (χ3n) is 2.93. The zero-order valence-electron chi connectivity index (χ0n) is 10.4. The van der Waals surface area contributed by atoms with Gasteiger partial charge in [0.15, 0.2) is 0 Å². The van der Waals surface area contributed by atoms with Crippen LogP contribution in [0, 0.1) is 25.5 Å². The quantitative estimate of drug-likeness (QED) is 0.857. The first-order valence-corrected chi connectivity index (χ1v) is 5.82. The lowest BCUT2D eigenvalue weighted by molar-refractivity contribution is 0.616. The van der Waals surface area contributed by atoms with Crippen LogP contribution in [-0.4, -0.2) is 0 Å². The summed E-state index contributed by atoms with van der Waals surface area (Å²) in [7, 11) is 0. The molecule has 0 unspecified atom stereocenters. The minimum absolute atomic E-state index is 0.237. The van der Waals surface area contributed by atoms with Crippen molar-refractivity contribution in [2.75, 3.05) is 5.32 Å². The Morgan fingerprint density at radius 3 is 2.39 bits per heavy atom. The van der Waals surface area contributed by atoms with Crippen LogP contribution in [0.4, 0.5) is 14.5 Å². The first-order valence-electron chi connectivity index (χ1n) is 5.82. The fourth-order valence-electron chi connectivity index (χ4n) is 1.79. The van der Waals surface area contributed by atoms with Crippen LogP contribution in [0.3, 0.4) is 0 Å². The molecule has 0 bridgehead atoms. The number of halogens is 2. The highest BCUT2D eigenvalue weighted by molar-refractivity contribution is 5.52. The smallest absolute Gasteiger partial charge is 0.146 e. The van der Waals surface area contributed by atoms with Gasteiger partial charge in [-0.05, 0) is 42.7 Å². The molecule has 1 nitrogen and oxygen atoms in total. The Balaban J connectivity index is 2.14. The van der Waals surface area contributed by atoms with Gasteiger partial charge in [0.2, 0.25) is 0 Å². The average Bonchev–Trinajstić information content (AvgIpc) is 2.33. The van der Waals surface area contributed by atoms with Crippen LogP contribution in [0.5, 0.6) is 0 Å². The monoisotopic (exact) mass is 247 g/mol. The Morgan fingerprint density at radius 1 is 0.944 bits per heavy atom. The molecule has 0 fully saturated rings. The molecule has 0 radical (unpaired) electrons. The van der Waals surface area contributed by atoms with E-state index < -0.39 is 0 Å². The third-order valence-corrected chi connectivity index (χ3v) is 2.93. The van der Waals surface area contributed by atoms with Crippen LogP contribution in [0.2, 0.25) is 0 Å². The van der Waals surface area contributed by atoms with Gasteiger partial charge in [0.05, 0.1) is 5.69 Å². The molecule has 0 aliphatic carbocycles. The number of benzene rings is 2. The second-order valence-electron chi connectivity index (χ2n) is 4.37. The van der Waals surface area contributed by atoms with Gasteiger partial charge in [0, 0.05) is 6.54 Å². The van der Waals surface area contributed by atoms with E-state index in [4.69, 9.17) is 0 Å². The van der Waals surface area contributed by atoms with Crippen LogP contribution in [-0.2, 0) is 6.54 Å². The number of hydrogen-bond donors (Lipinski definition) is 1. The lowest BCUT2D eigenvalue weighted by Crippen LogP contribution is -2.03. The summed E-state index contributed by atoms with van der Waals surface area (Å²) < 4.78 is 26.9. The van der Waals surface area contributed by atoms with Crippen molar-refractivity contribution in [1.82, 2.24) is 0 Å². The standard InChI is InChI=1S/C15H15F2N/c1-10-6-7-12(8-14(10)17)9-18-15-11(2)4-3-5-13(15)16/h3-8,18H,9H2,1-2H3. The van der Waals surface area contributed by atoms with Crippen LogP contribution < -0.4 is 5.32 Å². The molecule has 0 aliphatic rings. The lowest BCUT2D eigenvalue weighted by atomic mass is 10.1. The van der Waals surface area contributed by atoms with E-state index in [9.17, 15) is 8.78 Å². The molecule has 2 aromatic rings. The maximum atomic E-state index is 13.6. The van der Waals surface area contributed by atoms with Gasteiger partial charge in [-0.3, -0.25) is 0 Å². The van der Waals surface area contributed by atoms with E-state index in [1.807, 2.05) is 19.1 Å². The summed E-state index contributed by atoms with van der Waals surface area (Å²) in [4.78, 5) is 0.